The van der Waals surface area contributed by atoms with Gasteiger partial charge in [0.15, 0.2) is 0 Å². The molecule has 3 aliphatic rings. The van der Waals surface area contributed by atoms with Crippen LogP contribution in [0, 0.1) is 23.7 Å². The third-order valence-corrected chi connectivity index (χ3v) is 6.58. The van der Waals surface area contributed by atoms with Gasteiger partial charge in [0, 0.05) is 38.6 Å². The Morgan fingerprint density at radius 3 is 2.61 bits per heavy atom. The van der Waals surface area contributed by atoms with E-state index in [0.717, 1.165) is 13.1 Å². The Labute approximate surface area is 183 Å². The first-order valence-corrected chi connectivity index (χ1v) is 11.4. The fraction of sp³-hybridized carbons (Fsp3) is 0.773. The molecule has 174 valence electrons. The number of amides is 2. The Hall–Kier alpha value is -1.97. The number of nitrogens with one attached hydrogen (secondary N) is 1. The summed E-state index contributed by atoms with van der Waals surface area (Å²) < 4.78 is 10.6. The normalized spacial score (nSPS) is 30.9. The maximum absolute atomic E-state index is 13.3. The number of rotatable bonds is 9. The highest BCUT2D eigenvalue weighted by molar-refractivity contribution is 5.96. The third-order valence-electron chi connectivity index (χ3n) is 6.58. The average Bonchev–Trinajstić information content (AvgIpc) is 3.06. The van der Waals surface area contributed by atoms with E-state index >= 15 is 0 Å². The van der Waals surface area contributed by atoms with E-state index < -0.39 is 23.8 Å². The number of hydrogen-bond acceptors (Lipinski definition) is 7. The van der Waals surface area contributed by atoms with Crippen LogP contribution in [0.15, 0.2) is 12.2 Å². The van der Waals surface area contributed by atoms with Gasteiger partial charge in [-0.2, -0.15) is 0 Å². The van der Waals surface area contributed by atoms with Crippen molar-refractivity contribution >= 4 is 17.8 Å². The molecule has 0 spiro atoms. The van der Waals surface area contributed by atoms with E-state index in [2.05, 4.69) is 10.2 Å². The molecular weight excluding hydrogens is 402 g/mol. The Morgan fingerprint density at radius 2 is 1.97 bits per heavy atom. The number of aliphatic hydroxyl groups is 1. The number of nitrogens with zero attached hydrogens (tertiary/aromatic N) is 2. The first kappa shape index (κ1) is 23.7. The number of hydrogen-bond donors (Lipinski definition) is 2. The molecule has 9 nitrogen and oxygen atoms in total. The van der Waals surface area contributed by atoms with Gasteiger partial charge >= 0.3 is 5.97 Å². The molecule has 0 aromatic heterocycles. The van der Waals surface area contributed by atoms with Crippen LogP contribution in [0.25, 0.3) is 0 Å². The molecule has 0 aromatic carbocycles. The predicted molar refractivity (Wildman–Crippen MR) is 113 cm³/mol. The summed E-state index contributed by atoms with van der Waals surface area (Å²) in [6.07, 6.45) is 4.56. The van der Waals surface area contributed by atoms with E-state index in [9.17, 15) is 19.5 Å². The summed E-state index contributed by atoms with van der Waals surface area (Å²) in [6.45, 7) is 8.02. The van der Waals surface area contributed by atoms with Crippen molar-refractivity contribution in [2.75, 3.05) is 59.2 Å². The Balaban J connectivity index is 1.76. The number of ether oxygens (including phenoxy) is 2. The monoisotopic (exact) mass is 437 g/mol. The Kier molecular flexibility index (Phi) is 8.45. The average molecular weight is 438 g/mol. The van der Waals surface area contributed by atoms with Crippen molar-refractivity contribution in [3.63, 3.8) is 0 Å². The molecule has 0 aromatic rings. The van der Waals surface area contributed by atoms with Crippen molar-refractivity contribution in [3.05, 3.63) is 12.2 Å². The summed E-state index contributed by atoms with van der Waals surface area (Å²) in [6, 6.07) is -0.736. The van der Waals surface area contributed by atoms with Gasteiger partial charge in [-0.1, -0.05) is 19.1 Å². The molecule has 2 amide bonds. The number of β-amino-alcohol motifs (C(OH)–C–C–N with tert-alkyl or cyclic N) is 1. The number of allylic oxidation sites excluding steroid dienone is 1. The molecule has 1 aliphatic carbocycles. The molecule has 2 heterocycles. The summed E-state index contributed by atoms with van der Waals surface area (Å²) in [5.74, 6) is -2.67. The maximum atomic E-state index is 13.3. The first-order valence-electron chi connectivity index (χ1n) is 11.4. The van der Waals surface area contributed by atoms with Crippen LogP contribution in [-0.4, -0.2) is 97.9 Å². The molecule has 2 N–H and O–H groups in total. The van der Waals surface area contributed by atoms with E-state index in [4.69, 9.17) is 9.47 Å². The van der Waals surface area contributed by atoms with E-state index in [1.807, 2.05) is 19.1 Å². The van der Waals surface area contributed by atoms with Crippen molar-refractivity contribution in [3.8, 4) is 0 Å². The van der Waals surface area contributed by atoms with Crippen LogP contribution in [0.1, 0.15) is 20.3 Å². The molecule has 2 aliphatic heterocycles. The van der Waals surface area contributed by atoms with Crippen molar-refractivity contribution in [2.45, 2.75) is 26.3 Å². The largest absolute Gasteiger partial charge is 0.466 e. The maximum Gasteiger partial charge on any atom is 0.310 e. The summed E-state index contributed by atoms with van der Waals surface area (Å²) in [4.78, 5) is 42.9. The van der Waals surface area contributed by atoms with Crippen LogP contribution < -0.4 is 5.32 Å². The highest BCUT2D eigenvalue weighted by Gasteiger charge is 2.57. The minimum absolute atomic E-state index is 0.0631. The molecule has 0 radical (unpaired) electrons. The van der Waals surface area contributed by atoms with Crippen molar-refractivity contribution in [1.82, 2.24) is 15.1 Å². The second-order valence-corrected chi connectivity index (χ2v) is 8.28. The van der Waals surface area contributed by atoms with Crippen LogP contribution in [-0.2, 0) is 23.9 Å². The number of aliphatic hydroxyl groups excluding tert-OH is 1. The quantitative estimate of drug-likeness (QED) is 0.375. The number of morpholine rings is 1. The Morgan fingerprint density at radius 1 is 1.23 bits per heavy atom. The van der Waals surface area contributed by atoms with Crippen LogP contribution >= 0.6 is 0 Å². The molecular formula is C22H35N3O6. The lowest BCUT2D eigenvalue weighted by atomic mass is 9.69. The molecule has 9 heteroatoms. The van der Waals surface area contributed by atoms with Crippen molar-refractivity contribution < 1.29 is 29.0 Å². The van der Waals surface area contributed by atoms with Gasteiger partial charge in [0.05, 0.1) is 38.3 Å². The number of esters is 1. The minimum Gasteiger partial charge on any atom is -0.466 e. The molecule has 3 rings (SSSR count). The molecule has 0 bridgehead atoms. The molecule has 0 unspecified atom stereocenters. The summed E-state index contributed by atoms with van der Waals surface area (Å²) in [5.41, 5.74) is 0. The smallest absolute Gasteiger partial charge is 0.310 e. The molecule has 0 saturated carbocycles. The highest BCUT2D eigenvalue weighted by atomic mass is 16.5. The molecule has 2 fully saturated rings. The lowest BCUT2D eigenvalue weighted by Gasteiger charge is -2.33. The van der Waals surface area contributed by atoms with Gasteiger partial charge in [-0.15, -0.1) is 0 Å². The fourth-order valence-corrected chi connectivity index (χ4v) is 5.06. The first-order chi connectivity index (χ1) is 15.0. The SMILES string of the molecule is CCOC(=O)[C@H]1[C@@H]2C(=O)N(CCO)[C@H](C(=O)NCCN3CCOCC3)[C@H]2C=C[C@H]1CC. The van der Waals surface area contributed by atoms with E-state index in [1.54, 1.807) is 6.92 Å². The van der Waals surface area contributed by atoms with Crippen LogP contribution in [0.4, 0.5) is 0 Å². The summed E-state index contributed by atoms with van der Waals surface area (Å²) in [5, 5.41) is 12.5. The van der Waals surface area contributed by atoms with Gasteiger partial charge in [-0.3, -0.25) is 19.3 Å². The lowest BCUT2D eigenvalue weighted by Crippen LogP contribution is -2.50. The number of fused-ring (bicyclic) bond motifs is 1. The van der Waals surface area contributed by atoms with Gasteiger partial charge in [-0.05, 0) is 19.3 Å². The van der Waals surface area contributed by atoms with Gasteiger partial charge in [-0.25, -0.2) is 0 Å². The van der Waals surface area contributed by atoms with E-state index in [1.165, 1.54) is 4.90 Å². The summed E-state index contributed by atoms with van der Waals surface area (Å²) in [7, 11) is 0. The molecule has 2 saturated heterocycles. The second kappa shape index (κ2) is 11.1. The number of carbonyl (C=O) groups excluding carboxylic acids is 3. The molecule has 5 atom stereocenters. The van der Waals surface area contributed by atoms with E-state index in [0.29, 0.717) is 32.7 Å². The zero-order valence-electron chi connectivity index (χ0n) is 18.5. The van der Waals surface area contributed by atoms with Gasteiger partial charge in [0.25, 0.3) is 0 Å². The minimum atomic E-state index is -0.736. The lowest BCUT2D eigenvalue weighted by molar-refractivity contribution is -0.155. The number of likely N-dealkylation sites (tertiary alicyclic amines) is 1. The summed E-state index contributed by atoms with van der Waals surface area (Å²) >= 11 is 0. The third kappa shape index (κ3) is 5.10. The standard InChI is InChI=1S/C22H35N3O6/c1-3-15-5-6-16-18(17(15)22(29)31-4-2)21(28)25(9-12-26)19(16)20(27)23-7-8-24-10-13-30-14-11-24/h5-6,15-19,26H,3-4,7-14H2,1-2H3,(H,23,27)/t15-,16+,17-,18-,19+/m1/s1. The van der Waals surface area contributed by atoms with E-state index in [-0.39, 0.29) is 43.5 Å². The second-order valence-electron chi connectivity index (χ2n) is 8.28. The zero-order chi connectivity index (χ0) is 22.4. The van der Waals surface area contributed by atoms with Gasteiger partial charge < -0.3 is 24.8 Å². The highest BCUT2D eigenvalue weighted by Crippen LogP contribution is 2.45. The van der Waals surface area contributed by atoms with Gasteiger partial charge in [0.2, 0.25) is 11.8 Å². The number of carbonyl (C=O) groups is 3. The van der Waals surface area contributed by atoms with Crippen molar-refractivity contribution in [2.24, 2.45) is 23.7 Å². The molecule has 31 heavy (non-hydrogen) atoms. The van der Waals surface area contributed by atoms with Gasteiger partial charge in [0.1, 0.15) is 6.04 Å². The predicted octanol–water partition coefficient (Wildman–Crippen LogP) is -0.354. The van der Waals surface area contributed by atoms with Crippen LogP contribution in [0.3, 0.4) is 0 Å². The fourth-order valence-electron chi connectivity index (χ4n) is 5.06. The van der Waals surface area contributed by atoms with Crippen molar-refractivity contribution in [1.29, 1.82) is 0 Å². The topological polar surface area (TPSA) is 108 Å². The zero-order valence-corrected chi connectivity index (χ0v) is 18.5. The Bertz CT molecular complexity index is 678. The van der Waals surface area contributed by atoms with Crippen LogP contribution in [0.2, 0.25) is 0 Å². The van der Waals surface area contributed by atoms with Crippen LogP contribution in [0.5, 0.6) is 0 Å².